The van der Waals surface area contributed by atoms with E-state index < -0.39 is 0 Å². The summed E-state index contributed by atoms with van der Waals surface area (Å²) in [4.78, 5) is 0. The van der Waals surface area contributed by atoms with E-state index in [0.717, 1.165) is 31.4 Å². The number of anilines is 1. The van der Waals surface area contributed by atoms with Gasteiger partial charge in [-0.05, 0) is 25.7 Å². The van der Waals surface area contributed by atoms with Crippen LogP contribution in [0.15, 0.2) is 6.07 Å². The van der Waals surface area contributed by atoms with Crippen LogP contribution in [0.3, 0.4) is 0 Å². The summed E-state index contributed by atoms with van der Waals surface area (Å²) < 4.78 is 0. The van der Waals surface area contributed by atoms with Gasteiger partial charge in [-0.3, -0.25) is 0 Å². The van der Waals surface area contributed by atoms with Crippen LogP contribution in [0.4, 0.5) is 5.69 Å². The number of halogens is 2. The van der Waals surface area contributed by atoms with Gasteiger partial charge in [0.1, 0.15) is 0 Å². The molecule has 4 nitrogen and oxygen atoms in total. The van der Waals surface area contributed by atoms with Crippen molar-refractivity contribution < 1.29 is 0 Å². The number of hydrogen-bond donors (Lipinski definition) is 2. The van der Waals surface area contributed by atoms with E-state index in [9.17, 15) is 0 Å². The molecule has 16 heavy (non-hydrogen) atoms. The van der Waals surface area contributed by atoms with Gasteiger partial charge in [0.05, 0.1) is 5.69 Å². The molecule has 0 unspecified atom stereocenters. The van der Waals surface area contributed by atoms with Crippen LogP contribution in [0, 0.1) is 0 Å². The van der Waals surface area contributed by atoms with Crippen molar-refractivity contribution in [2.24, 2.45) is 5.73 Å². The molecule has 1 aromatic rings. The second-order valence-corrected chi connectivity index (χ2v) is 4.87. The number of nitrogens with two attached hydrogens (primary N) is 1. The molecule has 1 saturated carbocycles. The van der Waals surface area contributed by atoms with E-state index in [-0.39, 0.29) is 0 Å². The standard InChI is InChI=1S/C10H14Cl2N4/c11-9-5-8(10(12)16-15-9)14-7-3-1-6(13)2-4-7/h5-7H,1-4,13H2,(H,14,15). The maximum absolute atomic E-state index is 5.92. The van der Waals surface area contributed by atoms with Crippen molar-refractivity contribution in [3.05, 3.63) is 16.4 Å². The molecular formula is C10H14Cl2N4. The van der Waals surface area contributed by atoms with Gasteiger partial charge < -0.3 is 11.1 Å². The van der Waals surface area contributed by atoms with E-state index in [1.807, 2.05) is 0 Å². The minimum absolute atomic E-state index is 0.340. The van der Waals surface area contributed by atoms with Crippen LogP contribution in [0.2, 0.25) is 10.3 Å². The minimum Gasteiger partial charge on any atom is -0.380 e. The van der Waals surface area contributed by atoms with E-state index in [4.69, 9.17) is 28.9 Å². The van der Waals surface area contributed by atoms with Crippen LogP contribution >= 0.6 is 23.2 Å². The van der Waals surface area contributed by atoms with E-state index in [1.165, 1.54) is 0 Å². The molecule has 0 aliphatic heterocycles. The quantitative estimate of drug-likeness (QED) is 0.858. The van der Waals surface area contributed by atoms with Crippen molar-refractivity contribution in [2.75, 3.05) is 5.32 Å². The monoisotopic (exact) mass is 260 g/mol. The van der Waals surface area contributed by atoms with Crippen LogP contribution in [0.1, 0.15) is 25.7 Å². The molecule has 0 spiro atoms. The molecule has 0 amide bonds. The maximum Gasteiger partial charge on any atom is 0.174 e. The third-order valence-corrected chi connectivity index (χ3v) is 3.31. The first-order chi connectivity index (χ1) is 7.65. The fraction of sp³-hybridized carbons (Fsp3) is 0.600. The molecule has 1 aromatic heterocycles. The number of nitrogens with one attached hydrogen (secondary N) is 1. The van der Waals surface area contributed by atoms with Crippen molar-refractivity contribution in [1.29, 1.82) is 0 Å². The Kier molecular flexibility index (Phi) is 3.84. The molecule has 1 aliphatic rings. The van der Waals surface area contributed by atoms with E-state index >= 15 is 0 Å². The fourth-order valence-corrected chi connectivity index (χ4v) is 2.23. The van der Waals surface area contributed by atoms with Gasteiger partial charge in [-0.2, -0.15) is 0 Å². The Morgan fingerprint density at radius 2 is 1.88 bits per heavy atom. The first-order valence-electron chi connectivity index (χ1n) is 5.36. The number of nitrogens with zero attached hydrogens (tertiary/aromatic N) is 2. The van der Waals surface area contributed by atoms with Crippen molar-refractivity contribution in [1.82, 2.24) is 10.2 Å². The molecule has 1 aliphatic carbocycles. The zero-order valence-electron chi connectivity index (χ0n) is 8.79. The van der Waals surface area contributed by atoms with Crippen LogP contribution in [-0.4, -0.2) is 22.3 Å². The molecule has 6 heteroatoms. The zero-order chi connectivity index (χ0) is 11.5. The van der Waals surface area contributed by atoms with Gasteiger partial charge in [-0.15, -0.1) is 10.2 Å². The Bertz CT molecular complexity index is 364. The molecule has 0 aromatic carbocycles. The molecule has 0 saturated heterocycles. The Balaban J connectivity index is 2.00. The summed E-state index contributed by atoms with van der Waals surface area (Å²) in [5.41, 5.74) is 6.60. The SMILES string of the molecule is NC1CCC(Nc2cc(Cl)nnc2Cl)CC1. The fourth-order valence-electron chi connectivity index (χ4n) is 1.94. The molecule has 0 bridgehead atoms. The van der Waals surface area contributed by atoms with Gasteiger partial charge in [-0.25, -0.2) is 0 Å². The van der Waals surface area contributed by atoms with Gasteiger partial charge in [0, 0.05) is 18.2 Å². The van der Waals surface area contributed by atoms with Crippen molar-refractivity contribution in [3.63, 3.8) is 0 Å². The minimum atomic E-state index is 0.340. The summed E-state index contributed by atoms with van der Waals surface area (Å²) in [5.74, 6) is 0. The molecule has 1 fully saturated rings. The average molecular weight is 261 g/mol. The first kappa shape index (κ1) is 11.9. The number of rotatable bonds is 2. The molecule has 2 rings (SSSR count). The van der Waals surface area contributed by atoms with Gasteiger partial charge in [-0.1, -0.05) is 23.2 Å². The molecular weight excluding hydrogens is 247 g/mol. The van der Waals surface area contributed by atoms with E-state index in [2.05, 4.69) is 15.5 Å². The summed E-state index contributed by atoms with van der Waals surface area (Å²) >= 11 is 11.7. The largest absolute Gasteiger partial charge is 0.380 e. The predicted octanol–water partition coefficient (Wildman–Crippen LogP) is 2.47. The van der Waals surface area contributed by atoms with E-state index in [0.29, 0.717) is 22.4 Å². The lowest BCUT2D eigenvalue weighted by atomic mass is 9.92. The summed E-state index contributed by atoms with van der Waals surface area (Å²) in [6.07, 6.45) is 4.19. The predicted molar refractivity (Wildman–Crippen MR) is 65.9 cm³/mol. The number of aromatic nitrogens is 2. The molecule has 88 valence electrons. The van der Waals surface area contributed by atoms with Crippen LogP contribution in [-0.2, 0) is 0 Å². The smallest absolute Gasteiger partial charge is 0.174 e. The Morgan fingerprint density at radius 3 is 2.56 bits per heavy atom. The Morgan fingerprint density at radius 1 is 1.19 bits per heavy atom. The highest BCUT2D eigenvalue weighted by atomic mass is 35.5. The summed E-state index contributed by atoms with van der Waals surface area (Å²) in [6.45, 7) is 0. The maximum atomic E-state index is 5.92. The van der Waals surface area contributed by atoms with Crippen LogP contribution in [0.5, 0.6) is 0 Å². The highest BCUT2D eigenvalue weighted by molar-refractivity contribution is 6.33. The Hall–Kier alpha value is -0.580. The lowest BCUT2D eigenvalue weighted by Gasteiger charge is -2.27. The topological polar surface area (TPSA) is 63.8 Å². The lowest BCUT2D eigenvalue weighted by molar-refractivity contribution is 0.411. The van der Waals surface area contributed by atoms with Crippen LogP contribution < -0.4 is 11.1 Å². The second-order valence-electron chi connectivity index (χ2n) is 4.13. The molecule has 0 atom stereocenters. The van der Waals surface area contributed by atoms with Gasteiger partial charge in [0.2, 0.25) is 0 Å². The van der Waals surface area contributed by atoms with Crippen molar-refractivity contribution >= 4 is 28.9 Å². The summed E-state index contributed by atoms with van der Waals surface area (Å²) in [5, 5.41) is 11.5. The lowest BCUT2D eigenvalue weighted by Crippen LogP contribution is -2.32. The molecule has 3 N–H and O–H groups in total. The number of hydrogen-bond acceptors (Lipinski definition) is 4. The third kappa shape index (κ3) is 2.97. The van der Waals surface area contributed by atoms with E-state index in [1.54, 1.807) is 6.07 Å². The first-order valence-corrected chi connectivity index (χ1v) is 6.11. The van der Waals surface area contributed by atoms with Crippen LogP contribution in [0.25, 0.3) is 0 Å². The zero-order valence-corrected chi connectivity index (χ0v) is 10.3. The third-order valence-electron chi connectivity index (χ3n) is 2.85. The summed E-state index contributed by atoms with van der Waals surface area (Å²) in [7, 11) is 0. The van der Waals surface area contributed by atoms with Gasteiger partial charge in [0.25, 0.3) is 0 Å². The Labute approximate surface area is 105 Å². The van der Waals surface area contributed by atoms with Gasteiger partial charge >= 0.3 is 0 Å². The second kappa shape index (κ2) is 5.17. The molecule has 0 radical (unpaired) electrons. The van der Waals surface area contributed by atoms with Crippen molar-refractivity contribution in [2.45, 2.75) is 37.8 Å². The summed E-state index contributed by atoms with van der Waals surface area (Å²) in [6, 6.07) is 2.44. The average Bonchev–Trinajstić information content (AvgIpc) is 2.27. The molecule has 1 heterocycles. The van der Waals surface area contributed by atoms with Gasteiger partial charge in [0.15, 0.2) is 10.3 Å². The van der Waals surface area contributed by atoms with Crippen molar-refractivity contribution in [3.8, 4) is 0 Å². The normalized spacial score (nSPS) is 25.4. The highest BCUT2D eigenvalue weighted by Gasteiger charge is 2.19. The highest BCUT2D eigenvalue weighted by Crippen LogP contribution is 2.26.